The van der Waals surface area contributed by atoms with Gasteiger partial charge in [0.15, 0.2) is 0 Å². The Hall–Kier alpha value is -1.36. The number of hydrogen-bond acceptors (Lipinski definition) is 4. The van der Waals surface area contributed by atoms with Crippen molar-refractivity contribution >= 4 is 5.97 Å². The summed E-state index contributed by atoms with van der Waals surface area (Å²) in [5.74, 6) is -0.340. The molecule has 2 rings (SSSR count). The average molecular weight is 239 g/mol. The summed E-state index contributed by atoms with van der Waals surface area (Å²) < 4.78 is 10.8. The number of ether oxygens (including phenoxy) is 1. The zero-order valence-corrected chi connectivity index (χ0v) is 10.1. The molecule has 1 aliphatic rings. The van der Waals surface area contributed by atoms with E-state index in [0.717, 1.165) is 12.8 Å². The number of oxazole rings is 1. The van der Waals surface area contributed by atoms with Gasteiger partial charge in [-0.1, -0.05) is 13.8 Å². The second-order valence-corrected chi connectivity index (χ2v) is 4.73. The molecule has 5 nitrogen and oxygen atoms in total. The third-order valence-electron chi connectivity index (χ3n) is 2.71. The first-order valence-corrected chi connectivity index (χ1v) is 5.92. The maximum absolute atomic E-state index is 11.1. The van der Waals surface area contributed by atoms with Gasteiger partial charge in [0.2, 0.25) is 11.7 Å². The molecule has 0 spiro atoms. The minimum absolute atomic E-state index is 0.0378. The predicted molar refractivity (Wildman–Crippen MR) is 59.9 cm³/mol. The molecular formula is C12H17NO4. The molecule has 17 heavy (non-hydrogen) atoms. The molecule has 1 fully saturated rings. The Kier molecular flexibility index (Phi) is 3.47. The van der Waals surface area contributed by atoms with Crippen LogP contribution in [0, 0.1) is 5.92 Å². The van der Waals surface area contributed by atoms with Crippen molar-refractivity contribution in [1.82, 2.24) is 4.98 Å². The number of carboxylic acids is 1. The number of aromatic carboxylic acids is 1. The van der Waals surface area contributed by atoms with Crippen LogP contribution in [0.15, 0.2) is 4.42 Å². The fraction of sp³-hybridized carbons (Fsp3) is 0.667. The van der Waals surface area contributed by atoms with Crippen molar-refractivity contribution in [3.63, 3.8) is 0 Å². The molecule has 0 radical (unpaired) electrons. The van der Waals surface area contributed by atoms with Gasteiger partial charge >= 0.3 is 5.97 Å². The van der Waals surface area contributed by atoms with E-state index in [1.165, 1.54) is 0 Å². The van der Waals surface area contributed by atoms with E-state index in [1.54, 1.807) is 0 Å². The van der Waals surface area contributed by atoms with Gasteiger partial charge in [0.05, 0.1) is 5.69 Å². The molecular weight excluding hydrogens is 222 g/mol. The third-order valence-corrected chi connectivity index (χ3v) is 2.71. The molecule has 1 aliphatic heterocycles. The van der Waals surface area contributed by atoms with Crippen LogP contribution in [0.3, 0.4) is 0 Å². The largest absolute Gasteiger partial charge is 0.475 e. The van der Waals surface area contributed by atoms with E-state index in [2.05, 4.69) is 4.98 Å². The van der Waals surface area contributed by atoms with Crippen molar-refractivity contribution < 1.29 is 19.1 Å². The summed E-state index contributed by atoms with van der Waals surface area (Å²) in [5.41, 5.74) is 0.526. The van der Waals surface area contributed by atoms with E-state index in [1.807, 2.05) is 13.8 Å². The topological polar surface area (TPSA) is 72.6 Å². The zero-order chi connectivity index (χ0) is 12.4. The Balaban J connectivity index is 2.26. The summed E-state index contributed by atoms with van der Waals surface area (Å²) in [6.45, 7) is 4.73. The fourth-order valence-corrected chi connectivity index (χ4v) is 1.97. The van der Waals surface area contributed by atoms with Crippen LogP contribution < -0.4 is 0 Å². The molecule has 1 atom stereocenters. The summed E-state index contributed by atoms with van der Waals surface area (Å²) in [6, 6.07) is 0. The lowest BCUT2D eigenvalue weighted by Gasteiger charge is -2.02. The van der Waals surface area contributed by atoms with Crippen LogP contribution in [0.1, 0.15) is 54.9 Å². The first-order chi connectivity index (χ1) is 8.08. The van der Waals surface area contributed by atoms with E-state index < -0.39 is 5.97 Å². The summed E-state index contributed by atoms with van der Waals surface area (Å²) in [7, 11) is 0. The third kappa shape index (κ3) is 2.66. The molecule has 1 aromatic rings. The second kappa shape index (κ2) is 4.87. The highest BCUT2D eigenvalue weighted by molar-refractivity contribution is 5.85. The van der Waals surface area contributed by atoms with Gasteiger partial charge < -0.3 is 14.3 Å². The zero-order valence-electron chi connectivity index (χ0n) is 10.1. The smallest absolute Gasteiger partial charge is 0.373 e. The van der Waals surface area contributed by atoms with Crippen LogP contribution in [0.4, 0.5) is 0 Å². The van der Waals surface area contributed by atoms with Crippen LogP contribution in [0.25, 0.3) is 0 Å². The highest BCUT2D eigenvalue weighted by Crippen LogP contribution is 2.29. The number of carbonyl (C=O) groups is 1. The van der Waals surface area contributed by atoms with Crippen molar-refractivity contribution in [2.24, 2.45) is 5.92 Å². The number of nitrogens with zero attached hydrogens (tertiary/aromatic N) is 1. The van der Waals surface area contributed by atoms with Crippen LogP contribution in [0.2, 0.25) is 0 Å². The van der Waals surface area contributed by atoms with Crippen molar-refractivity contribution in [3.8, 4) is 0 Å². The molecule has 0 aliphatic carbocycles. The van der Waals surface area contributed by atoms with E-state index in [9.17, 15) is 4.79 Å². The SMILES string of the molecule is CC(C)Cc1nc(C2CCCO2)oc1C(=O)O. The van der Waals surface area contributed by atoms with Crippen LogP contribution in [-0.4, -0.2) is 22.7 Å². The molecule has 0 saturated carbocycles. The van der Waals surface area contributed by atoms with Crippen molar-refractivity contribution in [2.75, 3.05) is 6.61 Å². The molecule has 5 heteroatoms. The number of carboxylic acid groups (broad SMARTS) is 1. The minimum atomic E-state index is -1.06. The summed E-state index contributed by atoms with van der Waals surface area (Å²) in [6.07, 6.45) is 2.25. The van der Waals surface area contributed by atoms with Gasteiger partial charge in [-0.2, -0.15) is 0 Å². The minimum Gasteiger partial charge on any atom is -0.475 e. The average Bonchev–Trinajstić information content (AvgIpc) is 2.82. The highest BCUT2D eigenvalue weighted by Gasteiger charge is 2.27. The van der Waals surface area contributed by atoms with Crippen LogP contribution >= 0.6 is 0 Å². The first kappa shape index (κ1) is 12.1. The van der Waals surface area contributed by atoms with E-state index in [-0.39, 0.29) is 11.9 Å². The summed E-state index contributed by atoms with van der Waals surface area (Å²) in [4.78, 5) is 15.3. The Labute approximate surface area is 99.8 Å². The van der Waals surface area contributed by atoms with Gasteiger partial charge in [-0.05, 0) is 25.2 Å². The van der Waals surface area contributed by atoms with Gasteiger partial charge in [0.25, 0.3) is 0 Å². The van der Waals surface area contributed by atoms with Crippen molar-refractivity contribution in [1.29, 1.82) is 0 Å². The van der Waals surface area contributed by atoms with E-state index >= 15 is 0 Å². The van der Waals surface area contributed by atoms with E-state index in [0.29, 0.717) is 30.5 Å². The Morgan fingerprint density at radius 1 is 1.59 bits per heavy atom. The number of hydrogen-bond donors (Lipinski definition) is 1. The Morgan fingerprint density at radius 2 is 2.35 bits per heavy atom. The number of aromatic nitrogens is 1. The lowest BCUT2D eigenvalue weighted by Crippen LogP contribution is -2.03. The van der Waals surface area contributed by atoms with Gasteiger partial charge in [0.1, 0.15) is 6.10 Å². The first-order valence-electron chi connectivity index (χ1n) is 5.92. The molecule has 0 bridgehead atoms. The van der Waals surface area contributed by atoms with Crippen molar-refractivity contribution in [3.05, 3.63) is 17.3 Å². The van der Waals surface area contributed by atoms with Crippen molar-refractivity contribution in [2.45, 2.75) is 39.2 Å². The quantitative estimate of drug-likeness (QED) is 0.873. The molecule has 1 aromatic heterocycles. The molecule has 2 heterocycles. The number of rotatable bonds is 4. The summed E-state index contributed by atoms with van der Waals surface area (Å²) >= 11 is 0. The normalized spacial score (nSPS) is 20.1. The van der Waals surface area contributed by atoms with Crippen LogP contribution in [0.5, 0.6) is 0 Å². The maximum Gasteiger partial charge on any atom is 0.373 e. The molecule has 1 N–H and O–H groups in total. The highest BCUT2D eigenvalue weighted by atomic mass is 16.5. The fourth-order valence-electron chi connectivity index (χ4n) is 1.97. The Morgan fingerprint density at radius 3 is 2.88 bits per heavy atom. The van der Waals surface area contributed by atoms with Gasteiger partial charge in [-0.25, -0.2) is 9.78 Å². The maximum atomic E-state index is 11.1. The lowest BCUT2D eigenvalue weighted by atomic mass is 10.1. The molecule has 1 saturated heterocycles. The monoisotopic (exact) mass is 239 g/mol. The Bertz CT molecular complexity index is 405. The second-order valence-electron chi connectivity index (χ2n) is 4.73. The van der Waals surface area contributed by atoms with Gasteiger partial charge in [-0.15, -0.1) is 0 Å². The standard InChI is InChI=1S/C12H17NO4/c1-7(2)6-8-10(12(14)15)17-11(13-8)9-4-3-5-16-9/h7,9H,3-6H2,1-2H3,(H,14,15). The molecule has 0 amide bonds. The molecule has 94 valence electrons. The van der Waals surface area contributed by atoms with Gasteiger partial charge in [-0.3, -0.25) is 0 Å². The van der Waals surface area contributed by atoms with Gasteiger partial charge in [0, 0.05) is 6.61 Å². The lowest BCUT2D eigenvalue weighted by molar-refractivity contribution is 0.0631. The summed E-state index contributed by atoms with van der Waals surface area (Å²) in [5, 5.41) is 9.06. The predicted octanol–water partition coefficient (Wildman–Crippen LogP) is 2.42. The van der Waals surface area contributed by atoms with E-state index in [4.69, 9.17) is 14.3 Å². The van der Waals surface area contributed by atoms with Crippen LogP contribution in [-0.2, 0) is 11.2 Å². The molecule has 0 aromatic carbocycles. The molecule has 1 unspecified atom stereocenters.